The van der Waals surface area contributed by atoms with Crippen molar-refractivity contribution in [3.63, 3.8) is 0 Å². The van der Waals surface area contributed by atoms with Crippen molar-refractivity contribution in [1.29, 1.82) is 0 Å². The number of nitrogens with zero attached hydrogens (tertiary/aromatic N) is 3. The topological polar surface area (TPSA) is 114 Å². The fraction of sp³-hybridized carbons (Fsp3) is 0.464. The molecule has 3 heterocycles. The summed E-state index contributed by atoms with van der Waals surface area (Å²) in [6.45, 7) is 8.50. The number of rotatable bonds is 18. The first kappa shape index (κ1) is 29.7. The van der Waals surface area contributed by atoms with Crippen molar-refractivity contribution < 1.29 is 33.5 Å². The molecule has 0 saturated carbocycles. The van der Waals surface area contributed by atoms with Gasteiger partial charge in [-0.3, -0.25) is 15.0 Å². The van der Waals surface area contributed by atoms with E-state index >= 15 is 0 Å². The highest BCUT2D eigenvalue weighted by molar-refractivity contribution is 5.39. The van der Waals surface area contributed by atoms with Gasteiger partial charge in [0, 0.05) is 19.8 Å². The van der Waals surface area contributed by atoms with E-state index in [1.807, 2.05) is 57.2 Å². The van der Waals surface area contributed by atoms with Crippen molar-refractivity contribution in [3.05, 3.63) is 88.8 Å². The van der Waals surface area contributed by atoms with Crippen LogP contribution in [0.1, 0.15) is 54.9 Å². The number of aliphatic hydroxyl groups is 1. The Balaban J connectivity index is 1.97. The zero-order valence-electron chi connectivity index (χ0n) is 22.3. The molecule has 0 amide bonds. The van der Waals surface area contributed by atoms with E-state index in [9.17, 15) is 5.11 Å². The van der Waals surface area contributed by atoms with Gasteiger partial charge in [-0.25, -0.2) is 0 Å². The monoisotopic (exact) mass is 527 g/mol. The molecule has 3 aromatic heterocycles. The Morgan fingerprint density at radius 1 is 0.526 bits per heavy atom. The lowest BCUT2D eigenvalue weighted by Gasteiger charge is -2.28. The second-order valence-electron chi connectivity index (χ2n) is 8.13. The van der Waals surface area contributed by atoms with Gasteiger partial charge in [-0.15, -0.1) is 0 Å². The van der Waals surface area contributed by atoms with Gasteiger partial charge in [0.15, 0.2) is 5.60 Å². The molecule has 0 bridgehead atoms. The van der Waals surface area contributed by atoms with E-state index in [1.54, 1.807) is 18.2 Å². The molecule has 3 rings (SSSR count). The zero-order valence-corrected chi connectivity index (χ0v) is 22.3. The standard InChI is InChI=1S/C28H37N3O7/c1-4-33-19-36-16-22-10-7-13-25(29-22)28(32,26-14-8-11-23(30-26)17-37-20-34-5-2)27-15-9-12-24(31-27)18-38-21-35-6-3/h7-15,32H,4-6,16-21H2,1-3H3. The first-order chi connectivity index (χ1) is 18.6. The van der Waals surface area contributed by atoms with E-state index in [0.29, 0.717) is 54.0 Å². The smallest absolute Gasteiger partial charge is 0.191 e. The molecular weight excluding hydrogens is 490 g/mol. The Hall–Kier alpha value is -2.83. The van der Waals surface area contributed by atoms with Crippen LogP contribution in [0.3, 0.4) is 0 Å². The van der Waals surface area contributed by atoms with E-state index in [-0.39, 0.29) is 40.2 Å². The summed E-state index contributed by atoms with van der Waals surface area (Å²) < 4.78 is 32.4. The molecule has 0 aliphatic carbocycles. The lowest BCUT2D eigenvalue weighted by molar-refractivity contribution is -0.0581. The Bertz CT molecular complexity index is 965. The quantitative estimate of drug-likeness (QED) is 0.194. The largest absolute Gasteiger partial charge is 0.372 e. The van der Waals surface area contributed by atoms with Crippen LogP contribution >= 0.6 is 0 Å². The minimum Gasteiger partial charge on any atom is -0.372 e. The van der Waals surface area contributed by atoms with Crippen LogP contribution in [0.4, 0.5) is 0 Å². The molecule has 0 aliphatic rings. The second-order valence-corrected chi connectivity index (χ2v) is 8.13. The second kappa shape index (κ2) is 16.2. The normalized spacial score (nSPS) is 11.7. The van der Waals surface area contributed by atoms with Crippen molar-refractivity contribution in [3.8, 4) is 0 Å². The van der Waals surface area contributed by atoms with Crippen LogP contribution in [0, 0.1) is 0 Å². The molecule has 0 aliphatic heterocycles. The van der Waals surface area contributed by atoms with E-state index < -0.39 is 5.60 Å². The SMILES string of the molecule is CCOCOCc1cccc(C(O)(c2cccc(COCOCC)n2)c2cccc(COCOCC)n2)n1. The van der Waals surface area contributed by atoms with Crippen molar-refractivity contribution in [1.82, 2.24) is 15.0 Å². The van der Waals surface area contributed by atoms with Gasteiger partial charge in [0.2, 0.25) is 0 Å². The number of ether oxygens (including phenoxy) is 6. The number of hydrogen-bond donors (Lipinski definition) is 1. The molecule has 0 aromatic carbocycles. The summed E-state index contributed by atoms with van der Waals surface area (Å²) in [4.78, 5) is 14.1. The summed E-state index contributed by atoms with van der Waals surface area (Å²) >= 11 is 0. The van der Waals surface area contributed by atoms with Gasteiger partial charge >= 0.3 is 0 Å². The predicted molar refractivity (Wildman–Crippen MR) is 139 cm³/mol. The zero-order chi connectivity index (χ0) is 27.1. The third-order valence-corrected chi connectivity index (χ3v) is 5.39. The molecule has 0 unspecified atom stereocenters. The van der Waals surface area contributed by atoms with Crippen molar-refractivity contribution >= 4 is 0 Å². The first-order valence-electron chi connectivity index (χ1n) is 12.7. The average molecular weight is 528 g/mol. The van der Waals surface area contributed by atoms with Crippen LogP contribution in [0.25, 0.3) is 0 Å². The summed E-state index contributed by atoms with van der Waals surface area (Å²) in [7, 11) is 0. The summed E-state index contributed by atoms with van der Waals surface area (Å²) in [5.74, 6) is 0. The molecule has 38 heavy (non-hydrogen) atoms. The van der Waals surface area contributed by atoms with Crippen molar-refractivity contribution in [2.24, 2.45) is 0 Å². The molecule has 0 saturated heterocycles. The van der Waals surface area contributed by atoms with Crippen LogP contribution in [-0.2, 0) is 53.8 Å². The van der Waals surface area contributed by atoms with Crippen LogP contribution in [-0.4, -0.2) is 60.3 Å². The van der Waals surface area contributed by atoms with Gasteiger partial charge in [0.05, 0.1) is 54.0 Å². The van der Waals surface area contributed by atoms with E-state index in [4.69, 9.17) is 43.4 Å². The summed E-state index contributed by atoms with van der Waals surface area (Å²) in [6.07, 6.45) is 0. The third kappa shape index (κ3) is 8.60. The molecule has 10 nitrogen and oxygen atoms in total. The van der Waals surface area contributed by atoms with Gasteiger partial charge in [-0.05, 0) is 57.2 Å². The predicted octanol–water partition coefficient (Wildman–Crippen LogP) is 3.69. The van der Waals surface area contributed by atoms with Crippen molar-refractivity contribution in [2.45, 2.75) is 46.2 Å². The molecule has 0 fully saturated rings. The third-order valence-electron chi connectivity index (χ3n) is 5.39. The Morgan fingerprint density at radius 2 is 0.842 bits per heavy atom. The highest BCUT2D eigenvalue weighted by Gasteiger charge is 2.39. The summed E-state index contributed by atoms with van der Waals surface area (Å²) in [6, 6.07) is 16.2. The van der Waals surface area contributed by atoms with E-state index in [0.717, 1.165) is 0 Å². The van der Waals surface area contributed by atoms with Crippen LogP contribution < -0.4 is 0 Å². The number of hydrogen-bond acceptors (Lipinski definition) is 10. The fourth-order valence-corrected chi connectivity index (χ4v) is 3.54. The summed E-state index contributed by atoms with van der Waals surface area (Å²) in [5, 5.41) is 12.3. The number of pyridine rings is 3. The maximum Gasteiger partial charge on any atom is 0.191 e. The highest BCUT2D eigenvalue weighted by Crippen LogP contribution is 2.34. The Labute approximate surface area is 223 Å². The lowest BCUT2D eigenvalue weighted by Crippen LogP contribution is -2.33. The molecule has 1 N–H and O–H groups in total. The van der Waals surface area contributed by atoms with Gasteiger partial charge in [0.25, 0.3) is 0 Å². The average Bonchev–Trinajstić information content (AvgIpc) is 2.96. The van der Waals surface area contributed by atoms with E-state index in [1.165, 1.54) is 0 Å². The molecule has 206 valence electrons. The molecule has 0 spiro atoms. The van der Waals surface area contributed by atoms with Gasteiger partial charge in [0.1, 0.15) is 20.4 Å². The number of aromatic nitrogens is 3. The summed E-state index contributed by atoms with van der Waals surface area (Å²) in [5.41, 5.74) is 1.20. The first-order valence-corrected chi connectivity index (χ1v) is 12.7. The Kier molecular flexibility index (Phi) is 12.7. The fourth-order valence-electron chi connectivity index (χ4n) is 3.54. The van der Waals surface area contributed by atoms with Crippen molar-refractivity contribution in [2.75, 3.05) is 40.2 Å². The van der Waals surface area contributed by atoms with Gasteiger partial charge in [-0.1, -0.05) is 18.2 Å². The maximum absolute atomic E-state index is 12.3. The maximum atomic E-state index is 12.3. The molecule has 0 radical (unpaired) electrons. The van der Waals surface area contributed by atoms with Gasteiger partial charge < -0.3 is 33.5 Å². The Morgan fingerprint density at radius 3 is 1.13 bits per heavy atom. The molecular formula is C28H37N3O7. The highest BCUT2D eigenvalue weighted by atomic mass is 16.7. The van der Waals surface area contributed by atoms with Gasteiger partial charge in [-0.2, -0.15) is 0 Å². The van der Waals surface area contributed by atoms with Crippen LogP contribution in [0.2, 0.25) is 0 Å². The minimum atomic E-state index is -1.76. The van der Waals surface area contributed by atoms with E-state index in [2.05, 4.69) is 0 Å². The molecule has 0 atom stereocenters. The minimum absolute atomic E-state index is 0.156. The molecule has 10 heteroatoms. The van der Waals surface area contributed by atoms with Crippen LogP contribution in [0.15, 0.2) is 54.6 Å². The lowest BCUT2D eigenvalue weighted by atomic mass is 9.89. The van der Waals surface area contributed by atoms with Crippen LogP contribution in [0.5, 0.6) is 0 Å². The molecule has 3 aromatic rings.